The van der Waals surface area contributed by atoms with Crippen LogP contribution in [0.1, 0.15) is 16.7 Å². The molecule has 0 unspecified atom stereocenters. The fraction of sp³-hybridized carbons (Fsp3) is 0.167. The molecule has 1 heterocycles. The van der Waals surface area contributed by atoms with Crippen LogP contribution >= 0.6 is 0 Å². The summed E-state index contributed by atoms with van der Waals surface area (Å²) in [6.07, 6.45) is 0. The maximum Gasteiger partial charge on any atom is 0.162 e. The first-order valence-corrected chi connectivity index (χ1v) is 7.22. The maximum atomic E-state index is 8.76. The third kappa shape index (κ3) is 3.62. The average molecular weight is 308 g/mol. The van der Waals surface area contributed by atoms with Crippen LogP contribution in [0.15, 0.2) is 49.0 Å². The van der Waals surface area contributed by atoms with Crippen molar-refractivity contribution in [2.75, 3.05) is 13.2 Å². The highest BCUT2D eigenvalue weighted by Gasteiger charge is 2.12. The Kier molecular flexibility index (Phi) is 4.46. The molecule has 0 amide bonds. The zero-order valence-electron chi connectivity index (χ0n) is 12.5. The van der Waals surface area contributed by atoms with Crippen molar-refractivity contribution in [3.05, 3.63) is 65.7 Å². The van der Waals surface area contributed by atoms with E-state index < -0.39 is 0 Å². The van der Waals surface area contributed by atoms with Crippen molar-refractivity contribution in [3.8, 4) is 17.6 Å². The molecule has 0 aromatic heterocycles. The monoisotopic (exact) mass is 308 g/mol. The number of nitrogens with one attached hydrogen (secondary N) is 1. The van der Waals surface area contributed by atoms with Crippen LogP contribution in [-0.4, -0.2) is 13.2 Å². The number of hydrogen-bond donors (Lipinski definition) is 1. The Balaban J connectivity index is 1.55. The first-order chi connectivity index (χ1) is 11.3. The van der Waals surface area contributed by atoms with Gasteiger partial charge >= 0.3 is 0 Å². The maximum absolute atomic E-state index is 8.76. The topological polar surface area (TPSA) is 63.5 Å². The van der Waals surface area contributed by atoms with Gasteiger partial charge in [0.2, 0.25) is 0 Å². The number of hydrogen-bond acceptors (Lipinski definition) is 5. The molecule has 3 rings (SSSR count). The Bertz CT molecular complexity index is 748. The quantitative estimate of drug-likeness (QED) is 0.860. The predicted molar refractivity (Wildman–Crippen MR) is 85.5 cm³/mol. The number of ether oxygens (including phenoxy) is 2. The lowest BCUT2D eigenvalue weighted by atomic mass is 10.1. The molecule has 1 N–H and O–H groups in total. The van der Waals surface area contributed by atoms with E-state index in [1.807, 2.05) is 30.3 Å². The smallest absolute Gasteiger partial charge is 0.162 e. The van der Waals surface area contributed by atoms with Crippen LogP contribution in [-0.2, 0) is 11.4 Å². The second kappa shape index (κ2) is 6.86. The van der Waals surface area contributed by atoms with E-state index >= 15 is 0 Å². The molecule has 5 nitrogen and oxygen atoms in total. The molecule has 116 valence electrons. The van der Waals surface area contributed by atoms with Crippen molar-refractivity contribution in [1.29, 1.82) is 5.26 Å². The van der Waals surface area contributed by atoms with Gasteiger partial charge in [-0.15, -0.1) is 0 Å². The van der Waals surface area contributed by atoms with Crippen LogP contribution in [0.4, 0.5) is 0 Å². The molecule has 23 heavy (non-hydrogen) atoms. The molecule has 0 fully saturated rings. The van der Waals surface area contributed by atoms with Gasteiger partial charge in [0.1, 0.15) is 13.2 Å². The number of hydroxylamine groups is 1. The van der Waals surface area contributed by atoms with Gasteiger partial charge in [0.15, 0.2) is 11.5 Å². The van der Waals surface area contributed by atoms with Crippen molar-refractivity contribution in [1.82, 2.24) is 5.48 Å². The molecule has 0 bridgehead atoms. The first kappa shape index (κ1) is 14.9. The Morgan fingerprint density at radius 1 is 1.13 bits per heavy atom. The van der Waals surface area contributed by atoms with Crippen LogP contribution in [0.3, 0.4) is 0 Å². The zero-order chi connectivity index (χ0) is 16.1. The van der Waals surface area contributed by atoms with Crippen LogP contribution in [0.2, 0.25) is 0 Å². The minimum absolute atomic E-state index is 0.370. The molecular formula is C18H16N2O3. The van der Waals surface area contributed by atoms with Crippen molar-refractivity contribution >= 4 is 5.70 Å². The molecule has 0 saturated heterocycles. The van der Waals surface area contributed by atoms with E-state index in [0.717, 1.165) is 16.9 Å². The zero-order valence-corrected chi connectivity index (χ0v) is 12.5. The number of rotatable bonds is 5. The second-order valence-corrected chi connectivity index (χ2v) is 5.04. The molecule has 0 spiro atoms. The molecule has 0 saturated carbocycles. The van der Waals surface area contributed by atoms with Crippen LogP contribution < -0.4 is 15.0 Å². The largest absolute Gasteiger partial charge is 0.486 e. The average Bonchev–Trinajstić information content (AvgIpc) is 2.61. The molecule has 0 radical (unpaired) electrons. The van der Waals surface area contributed by atoms with E-state index in [-0.39, 0.29) is 0 Å². The van der Waals surface area contributed by atoms with Gasteiger partial charge in [-0.05, 0) is 35.9 Å². The fourth-order valence-electron chi connectivity index (χ4n) is 2.17. The van der Waals surface area contributed by atoms with Gasteiger partial charge in [-0.25, -0.2) is 0 Å². The van der Waals surface area contributed by atoms with Gasteiger partial charge in [-0.1, -0.05) is 18.7 Å². The summed E-state index contributed by atoms with van der Waals surface area (Å²) in [5, 5.41) is 8.76. The lowest BCUT2D eigenvalue weighted by Crippen LogP contribution is -2.16. The fourth-order valence-corrected chi connectivity index (χ4v) is 2.17. The van der Waals surface area contributed by atoms with Gasteiger partial charge in [-0.3, -0.25) is 10.3 Å². The third-order valence-electron chi connectivity index (χ3n) is 3.41. The molecule has 1 aliphatic heterocycles. The molecule has 0 aliphatic carbocycles. The molecular weight excluding hydrogens is 292 g/mol. The highest BCUT2D eigenvalue weighted by atomic mass is 16.6. The minimum Gasteiger partial charge on any atom is -0.486 e. The highest BCUT2D eigenvalue weighted by molar-refractivity contribution is 5.64. The Labute approximate surface area is 134 Å². The Morgan fingerprint density at radius 2 is 1.87 bits per heavy atom. The van der Waals surface area contributed by atoms with E-state index in [2.05, 4.69) is 18.1 Å². The standard InChI is InChI=1S/C18H16N2O3/c1-13(16-6-7-17-18(10-16)22-9-8-21-17)20-23-12-15-4-2-14(11-19)3-5-15/h2-7,10,20H,1,8-9,12H2. The van der Waals surface area contributed by atoms with Gasteiger partial charge in [0, 0.05) is 5.56 Å². The van der Waals surface area contributed by atoms with Crippen molar-refractivity contribution in [2.24, 2.45) is 0 Å². The van der Waals surface area contributed by atoms with Crippen molar-refractivity contribution in [2.45, 2.75) is 6.61 Å². The molecule has 2 aromatic carbocycles. The number of benzene rings is 2. The van der Waals surface area contributed by atoms with Crippen LogP contribution in [0.25, 0.3) is 5.70 Å². The van der Waals surface area contributed by atoms with Gasteiger partial charge in [0.25, 0.3) is 0 Å². The molecule has 2 aromatic rings. The van der Waals surface area contributed by atoms with Crippen molar-refractivity contribution < 1.29 is 14.3 Å². The van der Waals surface area contributed by atoms with Crippen LogP contribution in [0, 0.1) is 11.3 Å². The number of nitriles is 1. The summed E-state index contributed by atoms with van der Waals surface area (Å²) in [5.41, 5.74) is 5.92. The summed E-state index contributed by atoms with van der Waals surface area (Å²) in [6, 6.07) is 14.9. The summed E-state index contributed by atoms with van der Waals surface area (Å²) < 4.78 is 11.0. The first-order valence-electron chi connectivity index (χ1n) is 7.22. The molecule has 0 atom stereocenters. The summed E-state index contributed by atoms with van der Waals surface area (Å²) in [6.45, 7) is 5.44. The Morgan fingerprint density at radius 3 is 2.61 bits per heavy atom. The Hall–Kier alpha value is -2.97. The van der Waals surface area contributed by atoms with E-state index in [9.17, 15) is 0 Å². The molecule has 5 heteroatoms. The summed E-state index contributed by atoms with van der Waals surface area (Å²) in [7, 11) is 0. The second-order valence-electron chi connectivity index (χ2n) is 5.04. The lowest BCUT2D eigenvalue weighted by molar-refractivity contribution is 0.0648. The van der Waals surface area contributed by atoms with Crippen molar-refractivity contribution in [3.63, 3.8) is 0 Å². The predicted octanol–water partition coefficient (Wildman–Crippen LogP) is 3.02. The van der Waals surface area contributed by atoms with E-state index in [1.54, 1.807) is 12.1 Å². The lowest BCUT2D eigenvalue weighted by Gasteiger charge is -2.19. The SMILES string of the molecule is C=C(NOCc1ccc(C#N)cc1)c1ccc2c(c1)OCCO2. The van der Waals surface area contributed by atoms with Crippen LogP contribution in [0.5, 0.6) is 11.5 Å². The van der Waals surface area contributed by atoms with Gasteiger partial charge < -0.3 is 9.47 Å². The summed E-state index contributed by atoms with van der Waals surface area (Å²) in [5.74, 6) is 1.45. The highest BCUT2D eigenvalue weighted by Crippen LogP contribution is 2.32. The summed E-state index contributed by atoms with van der Waals surface area (Å²) >= 11 is 0. The summed E-state index contributed by atoms with van der Waals surface area (Å²) in [4.78, 5) is 5.45. The number of fused-ring (bicyclic) bond motifs is 1. The van der Waals surface area contributed by atoms with Gasteiger partial charge in [-0.2, -0.15) is 5.26 Å². The van der Waals surface area contributed by atoms with E-state index in [0.29, 0.717) is 36.8 Å². The van der Waals surface area contributed by atoms with Gasteiger partial charge in [0.05, 0.1) is 23.9 Å². The molecule has 1 aliphatic rings. The minimum atomic E-state index is 0.370. The third-order valence-corrected chi connectivity index (χ3v) is 3.41. The number of nitrogens with zero attached hydrogens (tertiary/aromatic N) is 1. The normalized spacial score (nSPS) is 12.3. The van der Waals surface area contributed by atoms with E-state index in [1.165, 1.54) is 0 Å². The van der Waals surface area contributed by atoms with E-state index in [4.69, 9.17) is 19.6 Å².